The highest BCUT2D eigenvalue weighted by Gasteiger charge is 2.18. The number of aromatic nitrogens is 2. The Hall–Kier alpha value is -2.36. The van der Waals surface area contributed by atoms with Gasteiger partial charge in [-0.25, -0.2) is 9.78 Å². The van der Waals surface area contributed by atoms with Gasteiger partial charge in [0, 0.05) is 6.07 Å². The van der Waals surface area contributed by atoms with Crippen molar-refractivity contribution in [2.45, 2.75) is 23.8 Å². The maximum absolute atomic E-state index is 11.5. The highest BCUT2D eigenvalue weighted by molar-refractivity contribution is 8.00. The molecule has 0 saturated carbocycles. The van der Waals surface area contributed by atoms with Gasteiger partial charge in [-0.05, 0) is 6.92 Å². The fourth-order valence-corrected chi connectivity index (χ4v) is 2.12. The molecule has 9 nitrogen and oxygen atoms in total. The Morgan fingerprint density at radius 3 is 2.76 bits per heavy atom. The van der Waals surface area contributed by atoms with Crippen LogP contribution >= 0.6 is 11.8 Å². The number of esters is 1. The lowest BCUT2D eigenvalue weighted by atomic mass is 10.3. The molecule has 114 valence electrons. The average molecular weight is 314 g/mol. The van der Waals surface area contributed by atoms with Crippen LogP contribution in [0.1, 0.15) is 12.6 Å². The third kappa shape index (κ3) is 5.65. The standard InChI is InChI=1S/C11H14N4O5S/c1-5(9(18)15-10(12)19)21-11-13-6(3-7(16)14-11)4-8(17)20-2/h3,5H,4H2,1-2H3,(H,13,14,16)(H3,12,15,18,19)/t5-/m0/s1. The normalized spacial score (nSPS) is 11.5. The van der Waals surface area contributed by atoms with E-state index < -0.39 is 28.7 Å². The SMILES string of the molecule is COC(=O)Cc1cc(=O)[nH]c(S[C@@H](C)C(=O)NC(N)=O)n1. The van der Waals surface area contributed by atoms with Crippen molar-refractivity contribution in [3.05, 3.63) is 22.1 Å². The number of hydrogen-bond acceptors (Lipinski definition) is 7. The van der Waals surface area contributed by atoms with Gasteiger partial charge in [-0.1, -0.05) is 11.8 Å². The van der Waals surface area contributed by atoms with Crippen LogP contribution in [0.25, 0.3) is 0 Å². The molecule has 0 saturated heterocycles. The lowest BCUT2D eigenvalue weighted by Gasteiger charge is -2.09. The van der Waals surface area contributed by atoms with Gasteiger partial charge >= 0.3 is 12.0 Å². The fourth-order valence-electron chi connectivity index (χ4n) is 1.29. The number of rotatable bonds is 5. The predicted molar refractivity (Wildman–Crippen MR) is 73.6 cm³/mol. The Morgan fingerprint density at radius 2 is 2.19 bits per heavy atom. The minimum Gasteiger partial charge on any atom is -0.469 e. The number of nitrogens with two attached hydrogens (primary N) is 1. The maximum Gasteiger partial charge on any atom is 0.318 e. The van der Waals surface area contributed by atoms with E-state index in [9.17, 15) is 19.2 Å². The van der Waals surface area contributed by atoms with E-state index in [2.05, 4.69) is 14.7 Å². The Morgan fingerprint density at radius 1 is 1.52 bits per heavy atom. The zero-order chi connectivity index (χ0) is 16.0. The van der Waals surface area contributed by atoms with Crippen molar-refractivity contribution >= 4 is 29.7 Å². The van der Waals surface area contributed by atoms with Crippen LogP contribution in [0, 0.1) is 0 Å². The second-order valence-corrected chi connectivity index (χ2v) is 5.24. The summed E-state index contributed by atoms with van der Waals surface area (Å²) in [7, 11) is 1.22. The Kier molecular flexibility index (Phi) is 5.91. The Labute approximate surface area is 123 Å². The molecular weight excluding hydrogens is 300 g/mol. The molecule has 0 radical (unpaired) electrons. The zero-order valence-corrected chi connectivity index (χ0v) is 12.2. The number of nitrogens with zero attached hydrogens (tertiary/aromatic N) is 1. The monoisotopic (exact) mass is 314 g/mol. The van der Waals surface area contributed by atoms with Gasteiger partial charge in [-0.15, -0.1) is 0 Å². The minimum atomic E-state index is -0.964. The van der Waals surface area contributed by atoms with E-state index in [1.807, 2.05) is 5.32 Å². The van der Waals surface area contributed by atoms with E-state index in [4.69, 9.17) is 5.73 Å². The summed E-state index contributed by atoms with van der Waals surface area (Å²) in [5, 5.41) is 1.35. The number of carbonyl (C=O) groups excluding carboxylic acids is 3. The molecule has 0 aliphatic heterocycles. The quantitative estimate of drug-likeness (QED) is 0.365. The summed E-state index contributed by atoms with van der Waals surface area (Å²) in [6.07, 6.45) is -0.157. The van der Waals surface area contributed by atoms with Gasteiger partial charge < -0.3 is 15.5 Å². The smallest absolute Gasteiger partial charge is 0.318 e. The van der Waals surface area contributed by atoms with Crippen LogP contribution in [0.5, 0.6) is 0 Å². The van der Waals surface area contributed by atoms with Gasteiger partial charge in [0.15, 0.2) is 5.16 Å². The van der Waals surface area contributed by atoms with Crippen LogP contribution in [0.2, 0.25) is 0 Å². The Bertz CT molecular complexity index is 615. The molecular formula is C11H14N4O5S. The fraction of sp³-hybridized carbons (Fsp3) is 0.364. The molecule has 0 aromatic carbocycles. The largest absolute Gasteiger partial charge is 0.469 e. The van der Waals surface area contributed by atoms with Crippen LogP contribution in [0.15, 0.2) is 16.0 Å². The van der Waals surface area contributed by atoms with E-state index in [1.165, 1.54) is 14.0 Å². The molecule has 0 fully saturated rings. The summed E-state index contributed by atoms with van der Waals surface area (Å²) >= 11 is 0.918. The maximum atomic E-state index is 11.5. The van der Waals surface area contributed by atoms with Gasteiger partial charge in [0.25, 0.3) is 5.56 Å². The molecule has 0 spiro atoms. The van der Waals surface area contributed by atoms with Gasteiger partial charge in [0.05, 0.1) is 24.5 Å². The first kappa shape index (κ1) is 16.7. The molecule has 0 aliphatic rings. The van der Waals surface area contributed by atoms with E-state index >= 15 is 0 Å². The molecule has 0 bridgehead atoms. The number of carbonyl (C=O) groups is 3. The number of hydrogen-bond donors (Lipinski definition) is 3. The van der Waals surface area contributed by atoms with E-state index in [1.54, 1.807) is 0 Å². The van der Waals surface area contributed by atoms with E-state index in [0.717, 1.165) is 17.8 Å². The number of urea groups is 1. The summed E-state index contributed by atoms with van der Waals surface area (Å²) in [4.78, 5) is 51.2. The number of amides is 3. The van der Waals surface area contributed by atoms with Gasteiger partial charge in [-0.3, -0.25) is 19.7 Å². The third-order valence-corrected chi connectivity index (χ3v) is 3.21. The van der Waals surface area contributed by atoms with Crippen LogP contribution in [-0.4, -0.2) is 40.2 Å². The Balaban J connectivity index is 2.83. The molecule has 1 heterocycles. The molecule has 3 amide bonds. The van der Waals surface area contributed by atoms with E-state index in [-0.39, 0.29) is 17.3 Å². The van der Waals surface area contributed by atoms with Gasteiger partial charge in [0.1, 0.15) is 0 Å². The zero-order valence-electron chi connectivity index (χ0n) is 11.3. The molecule has 4 N–H and O–H groups in total. The molecule has 10 heteroatoms. The molecule has 1 rings (SSSR count). The second kappa shape index (κ2) is 7.43. The van der Waals surface area contributed by atoms with Gasteiger partial charge in [0.2, 0.25) is 5.91 Å². The van der Waals surface area contributed by atoms with Crippen LogP contribution in [0.4, 0.5) is 4.79 Å². The number of aromatic amines is 1. The lowest BCUT2D eigenvalue weighted by molar-refractivity contribution is -0.139. The van der Waals surface area contributed by atoms with Crippen molar-refractivity contribution in [3.63, 3.8) is 0 Å². The first-order chi connectivity index (χ1) is 9.81. The van der Waals surface area contributed by atoms with Crippen LogP contribution in [0.3, 0.4) is 0 Å². The van der Waals surface area contributed by atoms with E-state index in [0.29, 0.717) is 0 Å². The average Bonchev–Trinajstić information content (AvgIpc) is 2.36. The summed E-state index contributed by atoms with van der Waals surface area (Å²) in [5.74, 6) is -1.16. The minimum absolute atomic E-state index is 0.147. The number of ether oxygens (including phenoxy) is 1. The predicted octanol–water partition coefficient (Wildman–Crippen LogP) is -0.839. The number of nitrogens with one attached hydrogen (secondary N) is 2. The number of thioether (sulfide) groups is 1. The molecule has 0 unspecified atom stereocenters. The highest BCUT2D eigenvalue weighted by Crippen LogP contribution is 2.18. The second-order valence-electron chi connectivity index (χ2n) is 3.91. The number of imide groups is 1. The summed E-state index contributed by atoms with van der Waals surface area (Å²) in [5.41, 5.74) is 4.59. The molecule has 0 aliphatic carbocycles. The van der Waals surface area contributed by atoms with Crippen LogP contribution in [-0.2, 0) is 20.7 Å². The van der Waals surface area contributed by atoms with Crippen molar-refractivity contribution in [2.24, 2.45) is 5.73 Å². The van der Waals surface area contributed by atoms with Crippen LogP contribution < -0.4 is 16.6 Å². The number of methoxy groups -OCH3 is 1. The molecule has 21 heavy (non-hydrogen) atoms. The third-order valence-electron chi connectivity index (χ3n) is 2.23. The van der Waals surface area contributed by atoms with Crippen molar-refractivity contribution in [3.8, 4) is 0 Å². The summed E-state index contributed by atoms with van der Waals surface area (Å²) < 4.78 is 4.48. The topological polar surface area (TPSA) is 144 Å². The number of primary amides is 1. The van der Waals surface area contributed by atoms with Crippen molar-refractivity contribution in [2.75, 3.05) is 7.11 Å². The first-order valence-electron chi connectivity index (χ1n) is 5.76. The number of H-pyrrole nitrogens is 1. The first-order valence-corrected chi connectivity index (χ1v) is 6.63. The summed E-state index contributed by atoms with van der Waals surface area (Å²) in [6, 6.07) is 0.197. The van der Waals surface area contributed by atoms with Crippen molar-refractivity contribution in [1.29, 1.82) is 0 Å². The molecule has 1 aromatic heterocycles. The molecule has 1 atom stereocenters. The van der Waals surface area contributed by atoms with Gasteiger partial charge in [-0.2, -0.15) is 0 Å². The molecule has 1 aromatic rings. The summed E-state index contributed by atoms with van der Waals surface area (Å²) in [6.45, 7) is 1.51. The van der Waals surface area contributed by atoms with Crippen molar-refractivity contribution in [1.82, 2.24) is 15.3 Å². The highest BCUT2D eigenvalue weighted by atomic mass is 32.2. The lowest BCUT2D eigenvalue weighted by Crippen LogP contribution is -2.39. The van der Waals surface area contributed by atoms with Crippen molar-refractivity contribution < 1.29 is 19.1 Å².